The Balaban J connectivity index is 2.17. The number of aromatic nitrogens is 2. The number of hydrogen-bond donors (Lipinski definition) is 2. The number of nitrogens with zero attached hydrogens (tertiary/aromatic N) is 2. The standard InChI is InChI=1S/C15H12F2N4/c16-10-6-7-11(12(17)8-10)13-14(18)21(19)15(20-13)9-4-2-1-3-5-9/h1-8H,18-19H2. The molecule has 2 aromatic carbocycles. The largest absolute Gasteiger partial charge is 0.382 e. The smallest absolute Gasteiger partial charge is 0.160 e. The van der Waals surface area contributed by atoms with E-state index in [4.69, 9.17) is 11.6 Å². The van der Waals surface area contributed by atoms with Gasteiger partial charge in [0.25, 0.3) is 0 Å². The Bertz CT molecular complexity index is 797. The molecule has 1 aromatic heterocycles. The third-order valence-electron chi connectivity index (χ3n) is 3.17. The SMILES string of the molecule is Nc1c(-c2ccc(F)cc2F)nc(-c2ccccc2)n1N. The Kier molecular flexibility index (Phi) is 3.06. The first-order valence-electron chi connectivity index (χ1n) is 6.22. The Labute approximate surface area is 119 Å². The second-order valence-corrected chi connectivity index (χ2v) is 4.53. The van der Waals surface area contributed by atoms with E-state index < -0.39 is 11.6 Å². The van der Waals surface area contributed by atoms with Crippen molar-refractivity contribution in [2.75, 3.05) is 11.6 Å². The lowest BCUT2D eigenvalue weighted by Gasteiger charge is -2.02. The molecule has 0 unspecified atom stereocenters. The van der Waals surface area contributed by atoms with E-state index in [2.05, 4.69) is 4.98 Å². The highest BCUT2D eigenvalue weighted by atomic mass is 19.1. The zero-order valence-corrected chi connectivity index (χ0v) is 10.9. The molecular formula is C15H12F2N4. The summed E-state index contributed by atoms with van der Waals surface area (Å²) in [6, 6.07) is 12.4. The number of benzene rings is 2. The number of halogens is 2. The minimum atomic E-state index is -0.737. The van der Waals surface area contributed by atoms with E-state index in [9.17, 15) is 8.78 Å². The van der Waals surface area contributed by atoms with E-state index in [0.717, 1.165) is 17.7 Å². The third-order valence-corrected chi connectivity index (χ3v) is 3.17. The fourth-order valence-electron chi connectivity index (χ4n) is 2.12. The molecule has 0 atom stereocenters. The Morgan fingerprint density at radius 3 is 2.38 bits per heavy atom. The maximum Gasteiger partial charge on any atom is 0.160 e. The van der Waals surface area contributed by atoms with Crippen LogP contribution in [0, 0.1) is 11.6 Å². The van der Waals surface area contributed by atoms with Crippen LogP contribution < -0.4 is 11.6 Å². The van der Waals surface area contributed by atoms with Crippen LogP contribution in [-0.4, -0.2) is 9.66 Å². The molecule has 0 fully saturated rings. The molecule has 3 rings (SSSR count). The fourth-order valence-corrected chi connectivity index (χ4v) is 2.12. The van der Waals surface area contributed by atoms with E-state index in [1.807, 2.05) is 30.3 Å². The maximum atomic E-state index is 13.9. The second kappa shape index (κ2) is 4.90. The van der Waals surface area contributed by atoms with Gasteiger partial charge in [-0.3, -0.25) is 0 Å². The number of hydrogen-bond acceptors (Lipinski definition) is 3. The molecule has 106 valence electrons. The average molecular weight is 286 g/mol. The highest BCUT2D eigenvalue weighted by Crippen LogP contribution is 2.31. The lowest BCUT2D eigenvalue weighted by Crippen LogP contribution is -2.13. The lowest BCUT2D eigenvalue weighted by atomic mass is 10.1. The quantitative estimate of drug-likeness (QED) is 0.712. The number of nitrogens with two attached hydrogens (primary N) is 2. The number of anilines is 1. The van der Waals surface area contributed by atoms with Gasteiger partial charge in [0.05, 0.1) is 0 Å². The zero-order valence-electron chi connectivity index (χ0n) is 10.9. The molecule has 4 nitrogen and oxygen atoms in total. The molecule has 0 amide bonds. The van der Waals surface area contributed by atoms with Crippen molar-refractivity contribution in [2.24, 2.45) is 0 Å². The fraction of sp³-hybridized carbons (Fsp3) is 0. The van der Waals surface area contributed by atoms with Crippen molar-refractivity contribution in [2.45, 2.75) is 0 Å². The van der Waals surface area contributed by atoms with Crippen LogP contribution in [0.2, 0.25) is 0 Å². The van der Waals surface area contributed by atoms with Crippen LogP contribution in [0.25, 0.3) is 22.6 Å². The summed E-state index contributed by atoms with van der Waals surface area (Å²) < 4.78 is 28.1. The molecule has 1 heterocycles. The minimum absolute atomic E-state index is 0.107. The summed E-state index contributed by atoms with van der Waals surface area (Å²) in [6.07, 6.45) is 0. The Hall–Kier alpha value is -2.89. The van der Waals surface area contributed by atoms with E-state index >= 15 is 0 Å². The summed E-state index contributed by atoms with van der Waals surface area (Å²) in [5, 5.41) is 0. The maximum absolute atomic E-state index is 13.9. The number of imidazole rings is 1. The van der Waals surface area contributed by atoms with Gasteiger partial charge in [0.15, 0.2) is 11.6 Å². The van der Waals surface area contributed by atoms with Crippen LogP contribution in [0.3, 0.4) is 0 Å². The summed E-state index contributed by atoms with van der Waals surface area (Å²) in [6.45, 7) is 0. The van der Waals surface area contributed by atoms with Crippen molar-refractivity contribution in [1.82, 2.24) is 9.66 Å². The van der Waals surface area contributed by atoms with Crippen molar-refractivity contribution < 1.29 is 8.78 Å². The van der Waals surface area contributed by atoms with Gasteiger partial charge in [0, 0.05) is 17.2 Å². The number of rotatable bonds is 2. The predicted molar refractivity (Wildman–Crippen MR) is 77.6 cm³/mol. The molecule has 0 aliphatic carbocycles. The average Bonchev–Trinajstić information content (AvgIpc) is 2.77. The van der Waals surface area contributed by atoms with Crippen LogP contribution in [0.15, 0.2) is 48.5 Å². The van der Waals surface area contributed by atoms with Gasteiger partial charge in [-0.25, -0.2) is 18.4 Å². The van der Waals surface area contributed by atoms with Gasteiger partial charge < -0.3 is 11.6 Å². The molecule has 4 N–H and O–H groups in total. The first kappa shape index (κ1) is 13.1. The van der Waals surface area contributed by atoms with Gasteiger partial charge in [0.1, 0.15) is 17.3 Å². The van der Waals surface area contributed by atoms with Crippen molar-refractivity contribution in [1.29, 1.82) is 0 Å². The van der Waals surface area contributed by atoms with Crippen LogP contribution in [0.4, 0.5) is 14.6 Å². The number of nitrogen functional groups attached to an aromatic ring is 2. The van der Waals surface area contributed by atoms with E-state index in [0.29, 0.717) is 5.82 Å². The van der Waals surface area contributed by atoms with Crippen LogP contribution in [-0.2, 0) is 0 Å². The van der Waals surface area contributed by atoms with Gasteiger partial charge in [-0.15, -0.1) is 0 Å². The molecule has 3 aromatic rings. The minimum Gasteiger partial charge on any atom is -0.382 e. The van der Waals surface area contributed by atoms with Crippen LogP contribution in [0.1, 0.15) is 0 Å². The van der Waals surface area contributed by atoms with E-state index in [-0.39, 0.29) is 17.1 Å². The molecule has 6 heteroatoms. The first-order valence-corrected chi connectivity index (χ1v) is 6.22. The normalized spacial score (nSPS) is 10.8. The molecule has 0 saturated carbocycles. The second-order valence-electron chi connectivity index (χ2n) is 4.53. The highest BCUT2D eigenvalue weighted by molar-refractivity contribution is 5.76. The van der Waals surface area contributed by atoms with E-state index in [1.54, 1.807) is 0 Å². The topological polar surface area (TPSA) is 69.9 Å². The van der Waals surface area contributed by atoms with E-state index in [1.165, 1.54) is 10.7 Å². The van der Waals surface area contributed by atoms with Gasteiger partial charge in [-0.05, 0) is 12.1 Å². The monoisotopic (exact) mass is 286 g/mol. The summed E-state index contributed by atoms with van der Waals surface area (Å²) in [7, 11) is 0. The molecule has 0 aliphatic heterocycles. The van der Waals surface area contributed by atoms with Gasteiger partial charge in [-0.2, -0.15) is 0 Å². The summed E-state index contributed by atoms with van der Waals surface area (Å²) in [5.41, 5.74) is 6.94. The zero-order chi connectivity index (χ0) is 15.0. The third kappa shape index (κ3) is 2.20. The first-order chi connectivity index (χ1) is 10.1. The lowest BCUT2D eigenvalue weighted by molar-refractivity contribution is 0.585. The Morgan fingerprint density at radius 1 is 1.00 bits per heavy atom. The van der Waals surface area contributed by atoms with Gasteiger partial charge >= 0.3 is 0 Å². The van der Waals surface area contributed by atoms with Gasteiger partial charge in [-0.1, -0.05) is 30.3 Å². The molecular weight excluding hydrogens is 274 g/mol. The molecule has 21 heavy (non-hydrogen) atoms. The van der Waals surface area contributed by atoms with Crippen molar-refractivity contribution in [3.63, 3.8) is 0 Å². The summed E-state index contributed by atoms with van der Waals surface area (Å²) in [4.78, 5) is 4.29. The predicted octanol–water partition coefficient (Wildman–Crippen LogP) is 2.79. The summed E-state index contributed by atoms with van der Waals surface area (Å²) in [5.74, 6) is 5.01. The van der Waals surface area contributed by atoms with Crippen LogP contribution >= 0.6 is 0 Å². The van der Waals surface area contributed by atoms with Crippen molar-refractivity contribution in [3.05, 3.63) is 60.2 Å². The highest BCUT2D eigenvalue weighted by Gasteiger charge is 2.18. The molecule has 0 saturated heterocycles. The van der Waals surface area contributed by atoms with Gasteiger partial charge in [0.2, 0.25) is 0 Å². The molecule has 0 bridgehead atoms. The summed E-state index contributed by atoms with van der Waals surface area (Å²) >= 11 is 0. The van der Waals surface area contributed by atoms with Crippen LogP contribution in [0.5, 0.6) is 0 Å². The Morgan fingerprint density at radius 2 is 1.71 bits per heavy atom. The molecule has 0 radical (unpaired) electrons. The van der Waals surface area contributed by atoms with Crippen molar-refractivity contribution >= 4 is 5.82 Å². The van der Waals surface area contributed by atoms with Crippen molar-refractivity contribution in [3.8, 4) is 22.6 Å². The molecule has 0 spiro atoms. The molecule has 0 aliphatic rings.